The number of carboxylic acids is 1. The van der Waals surface area contributed by atoms with Crippen molar-refractivity contribution in [2.45, 2.75) is 37.3 Å². The molecule has 4 rings (SSSR count). The Morgan fingerprint density at radius 1 is 1.17 bits per heavy atom. The van der Waals surface area contributed by atoms with E-state index in [2.05, 4.69) is 15.3 Å². The van der Waals surface area contributed by atoms with E-state index in [9.17, 15) is 13.8 Å². The number of amides is 1. The zero-order valence-corrected chi connectivity index (χ0v) is 20.1. The molecule has 10 heteroatoms. The Kier molecular flexibility index (Phi) is 7.71. The second-order valence-corrected chi connectivity index (χ2v) is 9.53. The number of rotatable bonds is 10. The Bertz CT molecular complexity index is 1230. The highest BCUT2D eigenvalue weighted by molar-refractivity contribution is 7.84. The average Bonchev–Trinajstić information content (AvgIpc) is 3.24. The van der Waals surface area contributed by atoms with Crippen molar-refractivity contribution in [2.75, 3.05) is 18.1 Å². The van der Waals surface area contributed by atoms with Crippen molar-refractivity contribution in [3.8, 4) is 11.5 Å². The summed E-state index contributed by atoms with van der Waals surface area (Å²) in [5.41, 5.74) is 2.45. The van der Waals surface area contributed by atoms with Crippen LogP contribution in [-0.4, -0.2) is 48.9 Å². The highest BCUT2D eigenvalue weighted by Gasteiger charge is 2.22. The molecule has 0 aliphatic carbocycles. The number of aryl methyl sites for hydroxylation is 1. The molecule has 3 aromatic rings. The van der Waals surface area contributed by atoms with E-state index < -0.39 is 16.8 Å². The smallest absolute Gasteiger partial charge is 0.303 e. The van der Waals surface area contributed by atoms with Gasteiger partial charge in [0.1, 0.15) is 22.3 Å². The number of pyridine rings is 2. The number of nitrogens with zero attached hydrogens (tertiary/aromatic N) is 3. The number of anilines is 2. The Balaban J connectivity index is 1.53. The molecule has 3 heterocycles. The van der Waals surface area contributed by atoms with E-state index in [0.29, 0.717) is 48.3 Å². The number of benzene rings is 1. The fourth-order valence-corrected chi connectivity index (χ4v) is 4.19. The van der Waals surface area contributed by atoms with Gasteiger partial charge < -0.3 is 20.1 Å². The van der Waals surface area contributed by atoms with E-state index >= 15 is 0 Å². The Morgan fingerprint density at radius 2 is 2.03 bits per heavy atom. The van der Waals surface area contributed by atoms with Crippen LogP contribution in [0.15, 0.2) is 59.9 Å². The van der Waals surface area contributed by atoms with Gasteiger partial charge in [-0.1, -0.05) is 6.07 Å². The normalized spacial score (nSPS) is 14.1. The lowest BCUT2D eigenvalue weighted by molar-refractivity contribution is -0.137. The zero-order valence-electron chi connectivity index (χ0n) is 19.3. The van der Waals surface area contributed by atoms with Crippen LogP contribution in [0.2, 0.25) is 0 Å². The van der Waals surface area contributed by atoms with Crippen molar-refractivity contribution in [3.05, 3.63) is 66.0 Å². The molecule has 2 aromatic heterocycles. The summed E-state index contributed by atoms with van der Waals surface area (Å²) in [4.78, 5) is 33.4. The number of carbonyl (C=O) groups is 2. The topological polar surface area (TPSA) is 122 Å². The minimum atomic E-state index is -1.17. The molecule has 1 aromatic carbocycles. The van der Waals surface area contributed by atoms with E-state index in [1.165, 1.54) is 6.20 Å². The first-order chi connectivity index (χ1) is 16.9. The maximum Gasteiger partial charge on any atom is 0.303 e. The van der Waals surface area contributed by atoms with Gasteiger partial charge in [0.25, 0.3) is 0 Å². The van der Waals surface area contributed by atoms with Crippen LogP contribution in [0.4, 0.5) is 11.5 Å². The van der Waals surface area contributed by atoms with Gasteiger partial charge in [-0.2, -0.15) is 0 Å². The Morgan fingerprint density at radius 3 is 2.66 bits per heavy atom. The van der Waals surface area contributed by atoms with Crippen molar-refractivity contribution in [1.29, 1.82) is 0 Å². The summed E-state index contributed by atoms with van der Waals surface area (Å²) >= 11 is 0. The fraction of sp³-hybridized carbons (Fsp3) is 0.280. The van der Waals surface area contributed by atoms with Crippen LogP contribution in [0.5, 0.6) is 11.5 Å². The highest BCUT2D eigenvalue weighted by Crippen LogP contribution is 2.31. The lowest BCUT2D eigenvalue weighted by atomic mass is 10.1. The zero-order chi connectivity index (χ0) is 24.8. The minimum Gasteiger partial charge on any atom is -0.481 e. The van der Waals surface area contributed by atoms with E-state index in [1.807, 2.05) is 29.2 Å². The van der Waals surface area contributed by atoms with Crippen LogP contribution in [0.25, 0.3) is 0 Å². The number of aliphatic carboxylic acids is 1. The predicted octanol–water partition coefficient (Wildman–Crippen LogP) is 3.89. The highest BCUT2D eigenvalue weighted by atomic mass is 32.2. The first-order valence-electron chi connectivity index (χ1n) is 11.2. The minimum absolute atomic E-state index is 0.0586. The van der Waals surface area contributed by atoms with Crippen LogP contribution in [-0.2, 0) is 33.4 Å². The molecule has 1 aliphatic heterocycles. The third kappa shape index (κ3) is 6.63. The molecule has 0 saturated carbocycles. The third-order valence-electron chi connectivity index (χ3n) is 5.55. The summed E-state index contributed by atoms with van der Waals surface area (Å²) in [5.74, 6) is 0.996. The predicted molar refractivity (Wildman–Crippen MR) is 131 cm³/mol. The summed E-state index contributed by atoms with van der Waals surface area (Å²) in [5, 5.41) is 12.6. The molecule has 1 aliphatic rings. The number of aromatic nitrogens is 2. The molecule has 2 N–H and O–H groups in total. The summed E-state index contributed by atoms with van der Waals surface area (Å²) in [6.07, 6.45) is 6.63. The van der Waals surface area contributed by atoms with Crippen LogP contribution in [0, 0.1) is 0 Å². The number of likely N-dealkylation sites (tertiary alicyclic amines) is 1. The van der Waals surface area contributed by atoms with Crippen LogP contribution in [0.3, 0.4) is 0 Å². The SMILES string of the molecule is CS(=O)c1ccc(Oc2ccc(Nc3ccc(CCC(=O)O)cn3)cc2CN2CCCC2=O)cn1. The summed E-state index contributed by atoms with van der Waals surface area (Å²) < 4.78 is 17.7. The van der Waals surface area contributed by atoms with E-state index in [4.69, 9.17) is 9.84 Å². The standard InChI is InChI=1S/C25H26N4O5S/c1-35(33)23-10-7-20(15-27-23)34-21-8-6-19(13-18(21)16-29-12-2-3-24(29)30)28-22-9-4-17(14-26-22)5-11-25(31)32/h4,6-10,13-15H,2-3,5,11-12,16H2,1H3,(H,26,28)(H,31,32). The van der Waals surface area contributed by atoms with Crippen molar-refractivity contribution in [3.63, 3.8) is 0 Å². The summed E-state index contributed by atoms with van der Waals surface area (Å²) in [6, 6.07) is 12.6. The van der Waals surface area contributed by atoms with Crippen molar-refractivity contribution < 1.29 is 23.6 Å². The summed E-state index contributed by atoms with van der Waals surface area (Å²) in [7, 11) is -1.17. The van der Waals surface area contributed by atoms with Crippen LogP contribution in [0.1, 0.15) is 30.4 Å². The average molecular weight is 495 g/mol. The Hall–Kier alpha value is -3.79. The van der Waals surface area contributed by atoms with Crippen molar-refractivity contribution >= 4 is 34.2 Å². The molecule has 35 heavy (non-hydrogen) atoms. The van der Waals surface area contributed by atoms with E-state index in [1.54, 1.807) is 30.7 Å². The van der Waals surface area contributed by atoms with E-state index in [0.717, 1.165) is 23.2 Å². The molecule has 1 fully saturated rings. The fourth-order valence-electron chi connectivity index (χ4n) is 3.73. The van der Waals surface area contributed by atoms with Gasteiger partial charge in [0.05, 0.1) is 17.0 Å². The number of carboxylic acid groups (broad SMARTS) is 1. The molecule has 1 saturated heterocycles. The van der Waals surface area contributed by atoms with Gasteiger partial charge in [-0.15, -0.1) is 0 Å². The monoisotopic (exact) mass is 494 g/mol. The van der Waals surface area contributed by atoms with Gasteiger partial charge in [-0.3, -0.25) is 13.8 Å². The van der Waals surface area contributed by atoms with Gasteiger partial charge in [-0.25, -0.2) is 9.97 Å². The third-order valence-corrected chi connectivity index (χ3v) is 6.38. The first kappa shape index (κ1) is 24.3. The van der Waals surface area contributed by atoms with Gasteiger partial charge >= 0.3 is 5.97 Å². The molecular weight excluding hydrogens is 468 g/mol. The van der Waals surface area contributed by atoms with Gasteiger partial charge in [0, 0.05) is 49.6 Å². The molecule has 1 unspecified atom stereocenters. The van der Waals surface area contributed by atoms with Gasteiger partial charge in [0.2, 0.25) is 5.91 Å². The second-order valence-electron chi connectivity index (χ2n) is 8.20. The molecule has 0 radical (unpaired) electrons. The number of hydrogen-bond acceptors (Lipinski definition) is 7. The molecule has 1 atom stereocenters. The van der Waals surface area contributed by atoms with Crippen molar-refractivity contribution in [1.82, 2.24) is 14.9 Å². The maximum absolute atomic E-state index is 12.2. The lowest BCUT2D eigenvalue weighted by Crippen LogP contribution is -2.24. The Labute approximate surface area is 205 Å². The first-order valence-corrected chi connectivity index (χ1v) is 12.7. The maximum atomic E-state index is 12.2. The van der Waals surface area contributed by atoms with E-state index in [-0.39, 0.29) is 12.3 Å². The number of ether oxygens (including phenoxy) is 1. The number of carbonyl (C=O) groups excluding carboxylic acids is 1. The molecular formula is C25H26N4O5S. The van der Waals surface area contributed by atoms with Crippen molar-refractivity contribution in [2.24, 2.45) is 0 Å². The quantitative estimate of drug-likeness (QED) is 0.435. The largest absolute Gasteiger partial charge is 0.481 e. The number of nitrogens with one attached hydrogen (secondary N) is 1. The summed E-state index contributed by atoms with van der Waals surface area (Å²) in [6.45, 7) is 1.11. The number of hydrogen-bond donors (Lipinski definition) is 2. The molecule has 0 spiro atoms. The molecule has 0 bridgehead atoms. The lowest BCUT2D eigenvalue weighted by Gasteiger charge is -2.19. The molecule has 182 valence electrons. The van der Waals surface area contributed by atoms with Gasteiger partial charge in [0.15, 0.2) is 0 Å². The molecule has 9 nitrogen and oxygen atoms in total. The van der Waals surface area contributed by atoms with Gasteiger partial charge in [-0.05, 0) is 54.8 Å². The van der Waals surface area contributed by atoms with Crippen LogP contribution < -0.4 is 10.1 Å². The second kappa shape index (κ2) is 11.1. The van der Waals surface area contributed by atoms with Crippen LogP contribution >= 0.6 is 0 Å². The molecule has 1 amide bonds.